The van der Waals surface area contributed by atoms with Crippen LogP contribution in [0.15, 0.2) is 18.5 Å². The fourth-order valence-electron chi connectivity index (χ4n) is 0.682. The number of nitrogens with zero attached hydrogens (tertiary/aromatic N) is 2. The molecule has 0 radical (unpaired) electrons. The van der Waals surface area contributed by atoms with Gasteiger partial charge >= 0.3 is 0 Å². The van der Waals surface area contributed by atoms with Gasteiger partial charge in [0.25, 0.3) is 0 Å². The summed E-state index contributed by atoms with van der Waals surface area (Å²) >= 11 is 0. The summed E-state index contributed by atoms with van der Waals surface area (Å²) in [5, 5.41) is 2.50. The molecule has 64 valence electrons. The highest BCUT2D eigenvalue weighted by molar-refractivity contribution is 5.88. The lowest BCUT2D eigenvalue weighted by molar-refractivity contribution is -0.116. The van der Waals surface area contributed by atoms with Crippen molar-refractivity contribution >= 4 is 11.9 Å². The molecule has 1 rings (SSSR count). The molecule has 5 heteroatoms. The van der Waals surface area contributed by atoms with Crippen molar-refractivity contribution in [2.75, 3.05) is 11.9 Å². The Balaban J connectivity index is 2.47. The Bertz CT molecular complexity index is 249. The van der Waals surface area contributed by atoms with Gasteiger partial charge in [-0.3, -0.25) is 10.1 Å². The molecule has 0 saturated carbocycles. The first kappa shape index (κ1) is 8.61. The third kappa shape index (κ3) is 2.63. The molecule has 0 aliphatic rings. The summed E-state index contributed by atoms with van der Waals surface area (Å²) in [6.45, 7) is 0.332. The molecule has 0 bridgehead atoms. The van der Waals surface area contributed by atoms with E-state index in [4.69, 9.17) is 5.73 Å². The molecule has 1 amide bonds. The van der Waals surface area contributed by atoms with Crippen molar-refractivity contribution in [1.82, 2.24) is 9.97 Å². The maximum Gasteiger partial charge on any atom is 0.229 e. The van der Waals surface area contributed by atoms with Gasteiger partial charge in [-0.2, -0.15) is 0 Å². The number of amides is 1. The minimum Gasteiger partial charge on any atom is -0.330 e. The smallest absolute Gasteiger partial charge is 0.229 e. The molecular weight excluding hydrogens is 156 g/mol. The molecule has 0 atom stereocenters. The lowest BCUT2D eigenvalue weighted by atomic mass is 10.4. The fraction of sp³-hybridized carbons (Fsp3) is 0.286. The predicted molar refractivity (Wildman–Crippen MR) is 44.3 cm³/mol. The molecule has 0 unspecified atom stereocenters. The van der Waals surface area contributed by atoms with E-state index < -0.39 is 0 Å². The number of hydrogen-bond donors (Lipinski definition) is 2. The van der Waals surface area contributed by atoms with Crippen molar-refractivity contribution in [3.05, 3.63) is 18.5 Å². The normalized spacial score (nSPS) is 9.42. The van der Waals surface area contributed by atoms with Gasteiger partial charge in [0, 0.05) is 25.4 Å². The van der Waals surface area contributed by atoms with Crippen LogP contribution in [0.4, 0.5) is 5.95 Å². The number of anilines is 1. The zero-order chi connectivity index (χ0) is 8.81. The van der Waals surface area contributed by atoms with E-state index in [1.807, 2.05) is 0 Å². The first-order chi connectivity index (χ1) is 5.83. The Labute approximate surface area is 70.0 Å². The fourth-order valence-corrected chi connectivity index (χ4v) is 0.682. The summed E-state index contributed by atoms with van der Waals surface area (Å²) in [5.74, 6) is 0.152. The van der Waals surface area contributed by atoms with Crippen molar-refractivity contribution in [3.8, 4) is 0 Å². The van der Waals surface area contributed by atoms with E-state index in [2.05, 4.69) is 15.3 Å². The third-order valence-electron chi connectivity index (χ3n) is 1.19. The molecule has 1 heterocycles. The Morgan fingerprint density at radius 2 is 2.17 bits per heavy atom. The van der Waals surface area contributed by atoms with Gasteiger partial charge in [-0.15, -0.1) is 0 Å². The first-order valence-electron chi connectivity index (χ1n) is 3.60. The topological polar surface area (TPSA) is 80.9 Å². The van der Waals surface area contributed by atoms with E-state index in [0.29, 0.717) is 12.5 Å². The van der Waals surface area contributed by atoms with Crippen molar-refractivity contribution in [2.24, 2.45) is 5.73 Å². The SMILES string of the molecule is NCCC(=O)Nc1ncccn1. The van der Waals surface area contributed by atoms with Crippen LogP contribution in [0.5, 0.6) is 0 Å². The largest absolute Gasteiger partial charge is 0.330 e. The molecule has 5 nitrogen and oxygen atoms in total. The summed E-state index contributed by atoms with van der Waals surface area (Å²) in [7, 11) is 0. The number of nitrogens with two attached hydrogens (primary N) is 1. The lowest BCUT2D eigenvalue weighted by Gasteiger charge is -1.99. The van der Waals surface area contributed by atoms with Crippen molar-refractivity contribution in [1.29, 1.82) is 0 Å². The van der Waals surface area contributed by atoms with Crippen LogP contribution < -0.4 is 11.1 Å². The van der Waals surface area contributed by atoms with Crippen molar-refractivity contribution < 1.29 is 4.79 Å². The second-order valence-electron chi connectivity index (χ2n) is 2.16. The van der Waals surface area contributed by atoms with E-state index in [-0.39, 0.29) is 12.3 Å². The Morgan fingerprint density at radius 1 is 1.50 bits per heavy atom. The predicted octanol–water partition coefficient (Wildman–Crippen LogP) is -0.236. The lowest BCUT2D eigenvalue weighted by Crippen LogP contribution is -2.17. The van der Waals surface area contributed by atoms with Crippen LogP contribution in [0.1, 0.15) is 6.42 Å². The summed E-state index contributed by atoms with van der Waals surface area (Å²) in [6.07, 6.45) is 3.41. The number of hydrogen-bond acceptors (Lipinski definition) is 4. The first-order valence-corrected chi connectivity index (χ1v) is 3.60. The quantitative estimate of drug-likeness (QED) is 0.649. The average Bonchev–Trinajstić information content (AvgIpc) is 2.06. The van der Waals surface area contributed by atoms with Gasteiger partial charge in [-0.05, 0) is 6.07 Å². The highest BCUT2D eigenvalue weighted by Gasteiger charge is 2.00. The molecule has 0 fully saturated rings. The van der Waals surface area contributed by atoms with E-state index in [1.165, 1.54) is 0 Å². The summed E-state index contributed by atoms with van der Waals surface area (Å²) in [5.41, 5.74) is 5.18. The minimum absolute atomic E-state index is 0.163. The van der Waals surface area contributed by atoms with Crippen LogP contribution in [0.25, 0.3) is 0 Å². The monoisotopic (exact) mass is 166 g/mol. The third-order valence-corrected chi connectivity index (χ3v) is 1.19. The van der Waals surface area contributed by atoms with Crippen molar-refractivity contribution in [3.63, 3.8) is 0 Å². The van der Waals surface area contributed by atoms with Crippen LogP contribution in [-0.2, 0) is 4.79 Å². The van der Waals surface area contributed by atoms with Gasteiger partial charge < -0.3 is 5.73 Å². The molecule has 0 spiro atoms. The molecule has 0 saturated heterocycles. The summed E-state index contributed by atoms with van der Waals surface area (Å²) in [6, 6.07) is 1.68. The maximum atomic E-state index is 10.9. The summed E-state index contributed by atoms with van der Waals surface area (Å²) in [4.78, 5) is 18.6. The van der Waals surface area contributed by atoms with E-state index in [0.717, 1.165) is 0 Å². The second-order valence-corrected chi connectivity index (χ2v) is 2.16. The van der Waals surface area contributed by atoms with E-state index in [9.17, 15) is 4.79 Å². The standard InChI is InChI=1S/C7H10N4O/c8-3-2-6(12)11-7-9-4-1-5-10-7/h1,4-5H,2-3,8H2,(H,9,10,11,12). The van der Waals surface area contributed by atoms with Crippen LogP contribution in [0.3, 0.4) is 0 Å². The van der Waals surface area contributed by atoms with Gasteiger partial charge in [0.05, 0.1) is 0 Å². The molecule has 0 aromatic carbocycles. The van der Waals surface area contributed by atoms with Gasteiger partial charge in [0.2, 0.25) is 11.9 Å². The van der Waals surface area contributed by atoms with Crippen LogP contribution >= 0.6 is 0 Å². The van der Waals surface area contributed by atoms with Gasteiger partial charge in [0.1, 0.15) is 0 Å². The number of rotatable bonds is 3. The average molecular weight is 166 g/mol. The highest BCUT2D eigenvalue weighted by atomic mass is 16.1. The van der Waals surface area contributed by atoms with Gasteiger partial charge in [0.15, 0.2) is 0 Å². The second kappa shape index (κ2) is 4.40. The molecule has 0 aliphatic carbocycles. The number of nitrogens with one attached hydrogen (secondary N) is 1. The summed E-state index contributed by atoms with van der Waals surface area (Å²) < 4.78 is 0. The maximum absolute atomic E-state index is 10.9. The molecule has 12 heavy (non-hydrogen) atoms. The Morgan fingerprint density at radius 3 is 2.75 bits per heavy atom. The van der Waals surface area contributed by atoms with Crippen LogP contribution in [0.2, 0.25) is 0 Å². The molecule has 3 N–H and O–H groups in total. The number of aromatic nitrogens is 2. The van der Waals surface area contributed by atoms with Crippen LogP contribution in [-0.4, -0.2) is 22.4 Å². The highest BCUT2D eigenvalue weighted by Crippen LogP contribution is 1.94. The molecule has 1 aromatic heterocycles. The van der Waals surface area contributed by atoms with Crippen molar-refractivity contribution in [2.45, 2.75) is 6.42 Å². The zero-order valence-corrected chi connectivity index (χ0v) is 6.53. The van der Waals surface area contributed by atoms with Gasteiger partial charge in [-0.1, -0.05) is 0 Å². The number of carbonyl (C=O) groups excluding carboxylic acids is 1. The number of carbonyl (C=O) groups is 1. The molecular formula is C7H10N4O. The van der Waals surface area contributed by atoms with E-state index in [1.54, 1.807) is 18.5 Å². The minimum atomic E-state index is -0.163. The molecule has 1 aromatic rings. The van der Waals surface area contributed by atoms with E-state index >= 15 is 0 Å². The van der Waals surface area contributed by atoms with Gasteiger partial charge in [-0.25, -0.2) is 9.97 Å². The molecule has 0 aliphatic heterocycles. The van der Waals surface area contributed by atoms with Crippen LogP contribution in [0, 0.1) is 0 Å². The Kier molecular flexibility index (Phi) is 3.16. The Hall–Kier alpha value is -1.49. The zero-order valence-electron chi connectivity index (χ0n) is 6.53.